The monoisotopic (exact) mass is 310 g/mol. The zero-order valence-corrected chi connectivity index (χ0v) is 13.4. The van der Waals surface area contributed by atoms with Crippen LogP contribution in [0.4, 0.5) is 0 Å². The number of likely N-dealkylation sites (tertiary alicyclic amines) is 1. The van der Waals surface area contributed by atoms with Crippen molar-refractivity contribution in [1.29, 1.82) is 0 Å². The first-order chi connectivity index (χ1) is 11.3. The molecule has 0 N–H and O–H groups in total. The van der Waals surface area contributed by atoms with Gasteiger partial charge in [0.2, 0.25) is 0 Å². The molecule has 2 unspecified atom stereocenters. The minimum Gasteiger partial charge on any atom is -0.484 e. The summed E-state index contributed by atoms with van der Waals surface area (Å²) >= 11 is 0. The van der Waals surface area contributed by atoms with E-state index in [1.807, 2.05) is 12.1 Å². The number of hydrogen-bond donors (Lipinski definition) is 0. The lowest BCUT2D eigenvalue weighted by Gasteiger charge is -2.25. The standard InChI is InChI=1S/C19H22N2O2/c1-14-8-10-21(11-14)12-15-4-6-16(7-5-15)18-13-22-17-3-2-9-20-19(17)23-18/h2-7,9,14,18H,8,10-13H2,1H3. The molecule has 2 aliphatic heterocycles. The molecular weight excluding hydrogens is 288 g/mol. The molecule has 0 amide bonds. The van der Waals surface area contributed by atoms with Gasteiger partial charge < -0.3 is 9.47 Å². The van der Waals surface area contributed by atoms with Crippen LogP contribution in [0.3, 0.4) is 0 Å². The van der Waals surface area contributed by atoms with Crippen molar-refractivity contribution in [3.63, 3.8) is 0 Å². The minimum atomic E-state index is -0.0849. The van der Waals surface area contributed by atoms with Crippen LogP contribution < -0.4 is 9.47 Å². The Balaban J connectivity index is 1.42. The summed E-state index contributed by atoms with van der Waals surface area (Å²) in [7, 11) is 0. The van der Waals surface area contributed by atoms with Gasteiger partial charge in [0.05, 0.1) is 0 Å². The van der Waals surface area contributed by atoms with E-state index in [0.717, 1.165) is 23.8 Å². The Morgan fingerprint density at radius 2 is 2.09 bits per heavy atom. The molecule has 2 atom stereocenters. The van der Waals surface area contributed by atoms with E-state index in [1.165, 1.54) is 25.1 Å². The number of benzene rings is 1. The highest BCUT2D eigenvalue weighted by molar-refractivity contribution is 5.35. The second-order valence-corrected chi connectivity index (χ2v) is 6.59. The summed E-state index contributed by atoms with van der Waals surface area (Å²) in [6.45, 7) is 6.32. The van der Waals surface area contributed by atoms with Crippen LogP contribution in [0.2, 0.25) is 0 Å². The lowest BCUT2D eigenvalue weighted by Crippen LogP contribution is -2.22. The molecule has 23 heavy (non-hydrogen) atoms. The zero-order valence-electron chi connectivity index (χ0n) is 13.4. The van der Waals surface area contributed by atoms with E-state index in [-0.39, 0.29) is 6.10 Å². The van der Waals surface area contributed by atoms with Gasteiger partial charge in [0.25, 0.3) is 5.88 Å². The van der Waals surface area contributed by atoms with Gasteiger partial charge in [0.15, 0.2) is 11.9 Å². The Bertz CT molecular complexity index is 671. The molecule has 0 aliphatic carbocycles. The predicted octanol–water partition coefficient (Wildman–Crippen LogP) is 3.44. The Morgan fingerprint density at radius 1 is 1.22 bits per heavy atom. The second-order valence-electron chi connectivity index (χ2n) is 6.59. The van der Waals surface area contributed by atoms with Crippen LogP contribution in [0.1, 0.15) is 30.6 Å². The molecule has 4 rings (SSSR count). The lowest BCUT2D eigenvalue weighted by molar-refractivity contribution is 0.0851. The smallest absolute Gasteiger partial charge is 0.257 e. The molecular formula is C19H22N2O2. The van der Waals surface area contributed by atoms with Crippen LogP contribution in [0.15, 0.2) is 42.6 Å². The molecule has 0 saturated carbocycles. The Hall–Kier alpha value is -2.07. The summed E-state index contributed by atoms with van der Waals surface area (Å²) < 4.78 is 11.7. The van der Waals surface area contributed by atoms with Crippen LogP contribution in [0.5, 0.6) is 11.6 Å². The molecule has 0 radical (unpaired) electrons. The summed E-state index contributed by atoms with van der Waals surface area (Å²) in [5, 5.41) is 0. The number of hydrogen-bond acceptors (Lipinski definition) is 4. The normalized spacial score (nSPS) is 23.9. The van der Waals surface area contributed by atoms with Gasteiger partial charge >= 0.3 is 0 Å². The first-order valence-electron chi connectivity index (χ1n) is 8.33. The van der Waals surface area contributed by atoms with Gasteiger partial charge in [-0.05, 0) is 42.1 Å². The van der Waals surface area contributed by atoms with Crippen molar-refractivity contribution >= 4 is 0 Å². The van der Waals surface area contributed by atoms with Gasteiger partial charge in [-0.25, -0.2) is 4.98 Å². The molecule has 0 spiro atoms. The van der Waals surface area contributed by atoms with Crippen LogP contribution >= 0.6 is 0 Å². The highest BCUT2D eigenvalue weighted by Crippen LogP contribution is 2.34. The van der Waals surface area contributed by atoms with Gasteiger partial charge in [0.1, 0.15) is 6.61 Å². The number of nitrogens with zero attached hydrogens (tertiary/aromatic N) is 2. The van der Waals surface area contributed by atoms with E-state index in [2.05, 4.69) is 41.1 Å². The van der Waals surface area contributed by atoms with Crippen LogP contribution in [0.25, 0.3) is 0 Å². The molecule has 0 bridgehead atoms. The zero-order chi connectivity index (χ0) is 15.6. The fraction of sp³-hybridized carbons (Fsp3) is 0.421. The van der Waals surface area contributed by atoms with E-state index in [4.69, 9.17) is 9.47 Å². The fourth-order valence-electron chi connectivity index (χ4n) is 3.34. The summed E-state index contributed by atoms with van der Waals surface area (Å²) in [6.07, 6.45) is 2.96. The van der Waals surface area contributed by atoms with Crippen molar-refractivity contribution in [2.24, 2.45) is 5.92 Å². The van der Waals surface area contributed by atoms with E-state index in [1.54, 1.807) is 6.20 Å². The van der Waals surface area contributed by atoms with Crippen molar-refractivity contribution in [3.05, 3.63) is 53.7 Å². The molecule has 1 aromatic carbocycles. The highest BCUT2D eigenvalue weighted by Gasteiger charge is 2.23. The number of fused-ring (bicyclic) bond motifs is 1. The van der Waals surface area contributed by atoms with Crippen molar-refractivity contribution in [1.82, 2.24) is 9.88 Å². The van der Waals surface area contributed by atoms with Crippen LogP contribution in [0, 0.1) is 5.92 Å². The summed E-state index contributed by atoms with van der Waals surface area (Å²) in [5.41, 5.74) is 2.50. The second kappa shape index (κ2) is 6.20. The van der Waals surface area contributed by atoms with Gasteiger partial charge in [-0.1, -0.05) is 31.2 Å². The molecule has 1 saturated heterocycles. The third kappa shape index (κ3) is 3.17. The maximum Gasteiger partial charge on any atom is 0.257 e. The first kappa shape index (κ1) is 14.5. The molecule has 1 fully saturated rings. The third-order valence-corrected chi connectivity index (χ3v) is 4.65. The topological polar surface area (TPSA) is 34.6 Å². The number of pyridine rings is 1. The summed E-state index contributed by atoms with van der Waals surface area (Å²) in [6, 6.07) is 12.5. The molecule has 2 aromatic rings. The Labute approximate surface area is 137 Å². The van der Waals surface area contributed by atoms with Crippen molar-refractivity contribution < 1.29 is 9.47 Å². The largest absolute Gasteiger partial charge is 0.484 e. The van der Waals surface area contributed by atoms with Gasteiger partial charge in [-0.3, -0.25) is 4.90 Å². The predicted molar refractivity (Wildman–Crippen MR) is 88.6 cm³/mol. The van der Waals surface area contributed by atoms with Crippen molar-refractivity contribution in [3.8, 4) is 11.6 Å². The number of rotatable bonds is 3. The average molecular weight is 310 g/mol. The number of aromatic nitrogens is 1. The van der Waals surface area contributed by atoms with Gasteiger partial charge in [0, 0.05) is 19.3 Å². The molecule has 120 valence electrons. The van der Waals surface area contributed by atoms with E-state index >= 15 is 0 Å². The quantitative estimate of drug-likeness (QED) is 0.870. The average Bonchev–Trinajstić information content (AvgIpc) is 3.00. The van der Waals surface area contributed by atoms with Crippen LogP contribution in [-0.2, 0) is 6.54 Å². The highest BCUT2D eigenvalue weighted by atomic mass is 16.6. The maximum atomic E-state index is 5.96. The van der Waals surface area contributed by atoms with E-state index in [9.17, 15) is 0 Å². The SMILES string of the molecule is CC1CCN(Cc2ccc(C3COc4cccnc4O3)cc2)C1. The molecule has 2 aliphatic rings. The van der Waals surface area contributed by atoms with Gasteiger partial charge in [-0.15, -0.1) is 0 Å². The lowest BCUT2D eigenvalue weighted by atomic mass is 10.1. The molecule has 1 aromatic heterocycles. The molecule has 4 heteroatoms. The number of ether oxygens (including phenoxy) is 2. The summed E-state index contributed by atoms with van der Waals surface area (Å²) in [5.74, 6) is 2.14. The summed E-state index contributed by atoms with van der Waals surface area (Å²) in [4.78, 5) is 6.76. The van der Waals surface area contributed by atoms with Gasteiger partial charge in [-0.2, -0.15) is 0 Å². The Morgan fingerprint density at radius 3 is 2.87 bits per heavy atom. The molecule has 4 nitrogen and oxygen atoms in total. The Kier molecular flexibility index (Phi) is 3.92. The van der Waals surface area contributed by atoms with E-state index < -0.39 is 0 Å². The minimum absolute atomic E-state index is 0.0849. The van der Waals surface area contributed by atoms with Crippen molar-refractivity contribution in [2.75, 3.05) is 19.7 Å². The fourth-order valence-corrected chi connectivity index (χ4v) is 3.34. The first-order valence-corrected chi connectivity index (χ1v) is 8.33. The maximum absolute atomic E-state index is 5.96. The third-order valence-electron chi connectivity index (χ3n) is 4.65. The molecule has 3 heterocycles. The van der Waals surface area contributed by atoms with E-state index in [0.29, 0.717) is 12.5 Å². The van der Waals surface area contributed by atoms with Crippen molar-refractivity contribution in [2.45, 2.75) is 26.0 Å². The van der Waals surface area contributed by atoms with Crippen LogP contribution in [-0.4, -0.2) is 29.6 Å².